The number of fused-ring (bicyclic) bond motifs is 1. The first-order valence-corrected chi connectivity index (χ1v) is 9.72. The summed E-state index contributed by atoms with van der Waals surface area (Å²) in [6.45, 7) is 5.26. The van der Waals surface area contributed by atoms with E-state index in [1.165, 1.54) is 6.42 Å². The zero-order valence-electron chi connectivity index (χ0n) is 12.3. The smallest absolute Gasteiger partial charge is 0.243 e. The molecule has 1 unspecified atom stereocenters. The Kier molecular flexibility index (Phi) is 4.41. The van der Waals surface area contributed by atoms with E-state index in [-0.39, 0.29) is 0 Å². The lowest BCUT2D eigenvalue weighted by atomic mass is 10.2. The molecule has 0 aliphatic carbocycles. The van der Waals surface area contributed by atoms with Crippen molar-refractivity contribution in [3.05, 3.63) is 28.2 Å². The normalized spacial score (nSPS) is 24.8. The quantitative estimate of drug-likeness (QED) is 0.800. The summed E-state index contributed by atoms with van der Waals surface area (Å²) in [6, 6.07) is 5.86. The fourth-order valence-corrected chi connectivity index (χ4v) is 5.66. The molecule has 1 aromatic carbocycles. The molecular formula is C15H21BrN2O2S. The zero-order valence-corrected chi connectivity index (χ0v) is 14.7. The van der Waals surface area contributed by atoms with Crippen LogP contribution in [0.4, 0.5) is 0 Å². The minimum atomic E-state index is -3.40. The van der Waals surface area contributed by atoms with Gasteiger partial charge in [0.2, 0.25) is 10.0 Å². The monoisotopic (exact) mass is 372 g/mol. The van der Waals surface area contributed by atoms with Gasteiger partial charge in [-0.05, 0) is 57.0 Å². The van der Waals surface area contributed by atoms with Crippen molar-refractivity contribution in [3.63, 3.8) is 0 Å². The number of aryl methyl sites for hydroxylation is 1. The van der Waals surface area contributed by atoms with Crippen molar-refractivity contribution >= 4 is 26.0 Å². The summed E-state index contributed by atoms with van der Waals surface area (Å²) < 4.78 is 28.5. The van der Waals surface area contributed by atoms with Gasteiger partial charge in [0.05, 0.1) is 4.90 Å². The van der Waals surface area contributed by atoms with Gasteiger partial charge in [-0.2, -0.15) is 4.31 Å². The molecule has 21 heavy (non-hydrogen) atoms. The van der Waals surface area contributed by atoms with Crippen molar-refractivity contribution in [2.45, 2.75) is 37.1 Å². The van der Waals surface area contributed by atoms with Crippen LogP contribution in [0.25, 0.3) is 0 Å². The standard InChI is InChI=1S/C15H21BrN2O2S/c1-12-5-6-13(16)10-15(12)21(19,20)18-9-3-8-17-7-2-4-14(17)11-18/h5-6,10,14H,2-4,7-9,11H2,1H3. The van der Waals surface area contributed by atoms with E-state index >= 15 is 0 Å². The average molecular weight is 373 g/mol. The fraction of sp³-hybridized carbons (Fsp3) is 0.600. The van der Waals surface area contributed by atoms with Gasteiger partial charge in [-0.3, -0.25) is 4.90 Å². The first kappa shape index (κ1) is 15.5. The molecule has 6 heteroatoms. The Labute approximate surface area is 135 Å². The van der Waals surface area contributed by atoms with Crippen LogP contribution >= 0.6 is 15.9 Å². The lowest BCUT2D eigenvalue weighted by molar-refractivity contribution is 0.257. The van der Waals surface area contributed by atoms with Crippen LogP contribution in [0.2, 0.25) is 0 Å². The molecule has 2 fully saturated rings. The molecule has 0 amide bonds. The van der Waals surface area contributed by atoms with Crippen LogP contribution < -0.4 is 0 Å². The van der Waals surface area contributed by atoms with Gasteiger partial charge in [0.1, 0.15) is 0 Å². The van der Waals surface area contributed by atoms with Crippen LogP contribution in [-0.2, 0) is 10.0 Å². The third-order valence-electron chi connectivity index (χ3n) is 4.53. The van der Waals surface area contributed by atoms with Crippen LogP contribution in [0, 0.1) is 6.92 Å². The summed E-state index contributed by atoms with van der Waals surface area (Å²) in [5.74, 6) is 0. The second-order valence-corrected chi connectivity index (χ2v) is 8.78. The van der Waals surface area contributed by atoms with Gasteiger partial charge in [-0.25, -0.2) is 8.42 Å². The second-order valence-electron chi connectivity index (χ2n) is 5.96. The van der Waals surface area contributed by atoms with Crippen molar-refractivity contribution in [2.24, 2.45) is 0 Å². The highest BCUT2D eigenvalue weighted by atomic mass is 79.9. The van der Waals surface area contributed by atoms with E-state index in [9.17, 15) is 8.42 Å². The molecule has 1 atom stereocenters. The number of halogens is 1. The third kappa shape index (κ3) is 3.04. The Morgan fingerprint density at radius 3 is 2.76 bits per heavy atom. The molecule has 2 aliphatic heterocycles. The number of sulfonamides is 1. The molecular weight excluding hydrogens is 352 g/mol. The molecule has 2 saturated heterocycles. The van der Waals surface area contributed by atoms with Crippen LogP contribution in [0.15, 0.2) is 27.6 Å². The summed E-state index contributed by atoms with van der Waals surface area (Å²) in [4.78, 5) is 2.88. The maximum atomic E-state index is 13.0. The average Bonchev–Trinajstić information content (AvgIpc) is 2.78. The highest BCUT2D eigenvalue weighted by Crippen LogP contribution is 2.28. The van der Waals surface area contributed by atoms with E-state index in [0.717, 1.165) is 36.0 Å². The van der Waals surface area contributed by atoms with Gasteiger partial charge in [-0.15, -0.1) is 0 Å². The number of hydrogen-bond donors (Lipinski definition) is 0. The predicted octanol–water partition coefficient (Wildman–Crippen LogP) is 2.62. The number of benzene rings is 1. The summed E-state index contributed by atoms with van der Waals surface area (Å²) in [6.07, 6.45) is 3.22. The molecule has 1 aromatic rings. The Morgan fingerprint density at radius 1 is 1.19 bits per heavy atom. The molecule has 2 heterocycles. The number of hydrogen-bond acceptors (Lipinski definition) is 3. The molecule has 0 radical (unpaired) electrons. The summed E-state index contributed by atoms with van der Waals surface area (Å²) in [5.41, 5.74) is 0.811. The minimum absolute atomic E-state index is 0.398. The Balaban J connectivity index is 1.92. The van der Waals surface area contributed by atoms with E-state index in [2.05, 4.69) is 20.8 Å². The third-order valence-corrected chi connectivity index (χ3v) is 7.03. The van der Waals surface area contributed by atoms with Crippen molar-refractivity contribution in [2.75, 3.05) is 26.2 Å². The number of rotatable bonds is 2. The van der Waals surface area contributed by atoms with E-state index in [4.69, 9.17) is 0 Å². The van der Waals surface area contributed by atoms with Crippen molar-refractivity contribution < 1.29 is 8.42 Å². The van der Waals surface area contributed by atoms with Gasteiger partial charge >= 0.3 is 0 Å². The van der Waals surface area contributed by atoms with Gasteiger partial charge in [0.15, 0.2) is 0 Å². The summed E-state index contributed by atoms with van der Waals surface area (Å²) >= 11 is 3.38. The Morgan fingerprint density at radius 2 is 1.95 bits per heavy atom. The van der Waals surface area contributed by atoms with E-state index < -0.39 is 10.0 Å². The molecule has 0 aromatic heterocycles. The first-order valence-electron chi connectivity index (χ1n) is 7.49. The maximum absolute atomic E-state index is 13.0. The molecule has 0 N–H and O–H groups in total. The van der Waals surface area contributed by atoms with Gasteiger partial charge < -0.3 is 0 Å². The molecule has 4 nitrogen and oxygen atoms in total. The van der Waals surface area contributed by atoms with Crippen LogP contribution in [-0.4, -0.2) is 49.8 Å². The van der Waals surface area contributed by atoms with Crippen LogP contribution in [0.5, 0.6) is 0 Å². The first-order chi connectivity index (χ1) is 9.98. The molecule has 0 spiro atoms. The second kappa shape index (κ2) is 5.99. The highest BCUT2D eigenvalue weighted by Gasteiger charge is 2.34. The molecule has 0 bridgehead atoms. The molecule has 0 saturated carbocycles. The molecule has 116 valence electrons. The number of nitrogens with zero attached hydrogens (tertiary/aromatic N) is 2. The highest BCUT2D eigenvalue weighted by molar-refractivity contribution is 9.10. The topological polar surface area (TPSA) is 40.6 Å². The summed E-state index contributed by atoms with van der Waals surface area (Å²) in [5, 5.41) is 0. The molecule has 3 rings (SSSR count). The summed E-state index contributed by atoms with van der Waals surface area (Å²) in [7, 11) is -3.40. The minimum Gasteiger partial charge on any atom is -0.299 e. The van der Waals surface area contributed by atoms with Gasteiger partial charge in [0, 0.05) is 23.6 Å². The largest absolute Gasteiger partial charge is 0.299 e. The molecule has 2 aliphatic rings. The van der Waals surface area contributed by atoms with E-state index in [1.807, 2.05) is 19.1 Å². The Hall–Kier alpha value is -0.430. The van der Waals surface area contributed by atoms with E-state index in [0.29, 0.717) is 24.0 Å². The lowest BCUT2D eigenvalue weighted by Gasteiger charge is -2.25. The van der Waals surface area contributed by atoms with Crippen molar-refractivity contribution in [3.8, 4) is 0 Å². The SMILES string of the molecule is Cc1ccc(Br)cc1S(=O)(=O)N1CCCN2CCCC2C1. The van der Waals surface area contributed by atoms with Crippen molar-refractivity contribution in [1.82, 2.24) is 9.21 Å². The van der Waals surface area contributed by atoms with Gasteiger partial charge in [0.25, 0.3) is 0 Å². The van der Waals surface area contributed by atoms with Gasteiger partial charge in [-0.1, -0.05) is 22.0 Å². The van der Waals surface area contributed by atoms with Crippen molar-refractivity contribution in [1.29, 1.82) is 0 Å². The Bertz CT molecular complexity index is 633. The fourth-order valence-electron chi connectivity index (χ4n) is 3.38. The predicted molar refractivity (Wildman–Crippen MR) is 86.8 cm³/mol. The zero-order chi connectivity index (χ0) is 15.0. The van der Waals surface area contributed by atoms with E-state index in [1.54, 1.807) is 10.4 Å². The lowest BCUT2D eigenvalue weighted by Crippen LogP contribution is -2.39. The maximum Gasteiger partial charge on any atom is 0.243 e. The van der Waals surface area contributed by atoms with Crippen LogP contribution in [0.3, 0.4) is 0 Å². The van der Waals surface area contributed by atoms with Crippen LogP contribution in [0.1, 0.15) is 24.8 Å².